The van der Waals surface area contributed by atoms with Crippen LogP contribution in [0.4, 0.5) is 11.5 Å². The lowest BCUT2D eigenvalue weighted by atomic mass is 10.2. The molecule has 1 aromatic carbocycles. The standard InChI is InChI=1S/C11H9BrClN3/c1-7-2-3-8(6-9(7)12)16-11-10(13)14-4-5-15-11/h2-6H,1H3,(H,15,16). The van der Waals surface area contributed by atoms with Crippen molar-refractivity contribution < 1.29 is 0 Å². The molecule has 0 aliphatic carbocycles. The fraction of sp³-hybridized carbons (Fsp3) is 0.0909. The van der Waals surface area contributed by atoms with Crippen molar-refractivity contribution in [2.24, 2.45) is 0 Å². The highest BCUT2D eigenvalue weighted by molar-refractivity contribution is 9.10. The number of hydrogen-bond acceptors (Lipinski definition) is 3. The molecule has 1 aromatic heterocycles. The van der Waals surface area contributed by atoms with Crippen LogP contribution in [0.2, 0.25) is 5.15 Å². The van der Waals surface area contributed by atoms with Gasteiger partial charge in [0, 0.05) is 22.6 Å². The van der Waals surface area contributed by atoms with E-state index in [1.807, 2.05) is 25.1 Å². The second-order valence-electron chi connectivity index (χ2n) is 3.28. The molecule has 0 saturated heterocycles. The van der Waals surface area contributed by atoms with Crippen LogP contribution < -0.4 is 5.32 Å². The monoisotopic (exact) mass is 297 g/mol. The Balaban J connectivity index is 2.28. The first-order valence-corrected chi connectivity index (χ1v) is 5.83. The maximum absolute atomic E-state index is 5.90. The average molecular weight is 299 g/mol. The molecule has 16 heavy (non-hydrogen) atoms. The molecule has 0 aliphatic heterocycles. The minimum Gasteiger partial charge on any atom is -0.338 e. The molecule has 0 radical (unpaired) electrons. The van der Waals surface area contributed by atoms with E-state index >= 15 is 0 Å². The van der Waals surface area contributed by atoms with Gasteiger partial charge in [-0.25, -0.2) is 9.97 Å². The number of nitrogens with one attached hydrogen (secondary N) is 1. The largest absolute Gasteiger partial charge is 0.338 e. The molecule has 3 nitrogen and oxygen atoms in total. The summed E-state index contributed by atoms with van der Waals surface area (Å²) >= 11 is 9.37. The number of halogens is 2. The first-order chi connectivity index (χ1) is 7.66. The lowest BCUT2D eigenvalue weighted by Gasteiger charge is -2.07. The number of nitrogens with zero attached hydrogens (tertiary/aromatic N) is 2. The van der Waals surface area contributed by atoms with Gasteiger partial charge in [-0.2, -0.15) is 0 Å². The van der Waals surface area contributed by atoms with Crippen molar-refractivity contribution in [1.82, 2.24) is 9.97 Å². The van der Waals surface area contributed by atoms with E-state index in [0.29, 0.717) is 11.0 Å². The lowest BCUT2D eigenvalue weighted by molar-refractivity contribution is 1.20. The number of aromatic nitrogens is 2. The summed E-state index contributed by atoms with van der Waals surface area (Å²) in [5, 5.41) is 3.47. The van der Waals surface area contributed by atoms with Gasteiger partial charge < -0.3 is 5.32 Å². The smallest absolute Gasteiger partial charge is 0.171 e. The van der Waals surface area contributed by atoms with Crippen molar-refractivity contribution in [2.75, 3.05) is 5.32 Å². The van der Waals surface area contributed by atoms with Gasteiger partial charge in [0.15, 0.2) is 11.0 Å². The van der Waals surface area contributed by atoms with Crippen LogP contribution in [0.15, 0.2) is 35.1 Å². The summed E-state index contributed by atoms with van der Waals surface area (Å²) in [6, 6.07) is 5.95. The molecule has 1 heterocycles. The Kier molecular flexibility index (Phi) is 3.41. The van der Waals surface area contributed by atoms with Crippen LogP contribution in [0.3, 0.4) is 0 Å². The predicted molar refractivity (Wildman–Crippen MR) is 69.2 cm³/mol. The van der Waals surface area contributed by atoms with Crippen molar-refractivity contribution in [2.45, 2.75) is 6.92 Å². The Morgan fingerprint density at radius 2 is 2.00 bits per heavy atom. The fourth-order valence-corrected chi connectivity index (χ4v) is 1.74. The van der Waals surface area contributed by atoms with E-state index in [0.717, 1.165) is 10.2 Å². The first kappa shape index (κ1) is 11.4. The van der Waals surface area contributed by atoms with E-state index in [-0.39, 0.29) is 0 Å². The zero-order valence-electron chi connectivity index (χ0n) is 8.54. The molecule has 0 atom stereocenters. The van der Waals surface area contributed by atoms with E-state index in [4.69, 9.17) is 11.6 Å². The topological polar surface area (TPSA) is 37.8 Å². The van der Waals surface area contributed by atoms with Gasteiger partial charge in [0.1, 0.15) is 0 Å². The van der Waals surface area contributed by atoms with Gasteiger partial charge in [0.2, 0.25) is 0 Å². The molecule has 2 rings (SSSR count). The third kappa shape index (κ3) is 2.51. The molecule has 0 spiro atoms. The molecule has 0 fully saturated rings. The molecule has 0 amide bonds. The Morgan fingerprint density at radius 3 is 2.69 bits per heavy atom. The maximum Gasteiger partial charge on any atom is 0.171 e. The van der Waals surface area contributed by atoms with Gasteiger partial charge in [-0.05, 0) is 24.6 Å². The second-order valence-corrected chi connectivity index (χ2v) is 4.50. The van der Waals surface area contributed by atoms with Crippen LogP contribution in [0.5, 0.6) is 0 Å². The average Bonchev–Trinajstić information content (AvgIpc) is 2.27. The van der Waals surface area contributed by atoms with Gasteiger partial charge in [-0.3, -0.25) is 0 Å². The van der Waals surface area contributed by atoms with Gasteiger partial charge >= 0.3 is 0 Å². The van der Waals surface area contributed by atoms with Crippen molar-refractivity contribution in [3.63, 3.8) is 0 Å². The maximum atomic E-state index is 5.90. The van der Waals surface area contributed by atoms with E-state index in [1.54, 1.807) is 12.4 Å². The highest BCUT2D eigenvalue weighted by atomic mass is 79.9. The van der Waals surface area contributed by atoms with Crippen LogP contribution in [-0.2, 0) is 0 Å². The highest BCUT2D eigenvalue weighted by Gasteiger charge is 2.03. The number of rotatable bonds is 2. The number of anilines is 2. The minimum absolute atomic E-state index is 0.360. The van der Waals surface area contributed by atoms with Gasteiger partial charge in [-0.15, -0.1) is 0 Å². The Labute approximate surface area is 107 Å². The predicted octanol–water partition coefficient (Wildman–Crippen LogP) is 3.94. The molecule has 2 aromatic rings. The van der Waals surface area contributed by atoms with Crippen molar-refractivity contribution >= 4 is 39.0 Å². The lowest BCUT2D eigenvalue weighted by Crippen LogP contribution is -1.95. The zero-order valence-corrected chi connectivity index (χ0v) is 10.9. The minimum atomic E-state index is 0.360. The van der Waals surface area contributed by atoms with Crippen LogP contribution >= 0.6 is 27.5 Å². The Hall–Kier alpha value is -1.13. The second kappa shape index (κ2) is 4.80. The summed E-state index contributed by atoms with van der Waals surface area (Å²) in [4.78, 5) is 8.05. The SMILES string of the molecule is Cc1ccc(Nc2nccnc2Cl)cc1Br. The molecule has 0 saturated carbocycles. The molecule has 0 unspecified atom stereocenters. The number of hydrogen-bond donors (Lipinski definition) is 1. The van der Waals surface area contributed by atoms with Crippen molar-refractivity contribution in [3.8, 4) is 0 Å². The quantitative estimate of drug-likeness (QED) is 0.912. The van der Waals surface area contributed by atoms with Crippen LogP contribution in [0.1, 0.15) is 5.56 Å². The summed E-state index contributed by atoms with van der Waals surface area (Å²) in [6.07, 6.45) is 3.15. The third-order valence-electron chi connectivity index (χ3n) is 2.09. The summed E-state index contributed by atoms with van der Waals surface area (Å²) in [5.74, 6) is 0.555. The molecule has 0 aliphatic rings. The molecular formula is C11H9BrClN3. The van der Waals surface area contributed by atoms with E-state index in [9.17, 15) is 0 Å². The van der Waals surface area contributed by atoms with Gasteiger partial charge in [-0.1, -0.05) is 33.6 Å². The third-order valence-corrected chi connectivity index (χ3v) is 3.22. The molecule has 5 heteroatoms. The van der Waals surface area contributed by atoms with E-state index < -0.39 is 0 Å². The zero-order chi connectivity index (χ0) is 11.5. The van der Waals surface area contributed by atoms with Gasteiger partial charge in [0.25, 0.3) is 0 Å². The van der Waals surface area contributed by atoms with Crippen LogP contribution in [-0.4, -0.2) is 9.97 Å². The summed E-state index contributed by atoms with van der Waals surface area (Å²) in [7, 11) is 0. The normalized spacial score (nSPS) is 10.2. The Bertz CT molecular complexity index is 516. The number of aryl methyl sites for hydroxylation is 1. The van der Waals surface area contributed by atoms with Crippen molar-refractivity contribution in [1.29, 1.82) is 0 Å². The fourth-order valence-electron chi connectivity index (χ4n) is 1.21. The highest BCUT2D eigenvalue weighted by Crippen LogP contribution is 2.24. The first-order valence-electron chi connectivity index (χ1n) is 4.66. The molecule has 0 bridgehead atoms. The van der Waals surface area contributed by atoms with Crippen LogP contribution in [0.25, 0.3) is 0 Å². The summed E-state index contributed by atoms with van der Waals surface area (Å²) in [6.45, 7) is 2.03. The molecule has 1 N–H and O–H groups in total. The Morgan fingerprint density at radius 1 is 1.25 bits per heavy atom. The van der Waals surface area contributed by atoms with Gasteiger partial charge in [0.05, 0.1) is 0 Å². The molecular weight excluding hydrogens is 289 g/mol. The van der Waals surface area contributed by atoms with E-state index in [1.165, 1.54) is 5.56 Å². The van der Waals surface area contributed by atoms with Crippen LogP contribution in [0, 0.1) is 6.92 Å². The number of benzene rings is 1. The summed E-state index contributed by atoms with van der Waals surface area (Å²) in [5.41, 5.74) is 2.09. The summed E-state index contributed by atoms with van der Waals surface area (Å²) < 4.78 is 1.04. The van der Waals surface area contributed by atoms with Crippen molar-refractivity contribution in [3.05, 3.63) is 45.8 Å². The van der Waals surface area contributed by atoms with E-state index in [2.05, 4.69) is 31.2 Å². The molecule has 82 valence electrons.